The molecule has 0 bridgehead atoms. The number of methoxy groups -OCH3 is 1. The number of carbonyl (C=O) groups excluding carboxylic acids is 3. The fourth-order valence-corrected chi connectivity index (χ4v) is 7.94. The molecule has 0 unspecified atom stereocenters. The van der Waals surface area contributed by atoms with Crippen LogP contribution in [-0.4, -0.2) is 42.2 Å². The zero-order valence-corrected chi connectivity index (χ0v) is 21.8. The number of hydrogen-bond acceptors (Lipinski definition) is 5. The Morgan fingerprint density at radius 2 is 1.76 bits per heavy atom. The number of carbonyl (C=O) groups is 3. The van der Waals surface area contributed by atoms with E-state index in [2.05, 4.69) is 15.5 Å². The van der Waals surface area contributed by atoms with Crippen LogP contribution in [0.15, 0.2) is 60.7 Å². The van der Waals surface area contributed by atoms with Crippen molar-refractivity contribution in [3.05, 3.63) is 87.9 Å². The predicted molar refractivity (Wildman–Crippen MR) is 144 cm³/mol. The molecule has 8 heteroatoms. The molecule has 2 fully saturated rings. The number of para-hydroxylation sites is 2. The molecule has 38 heavy (non-hydrogen) atoms. The van der Waals surface area contributed by atoms with E-state index in [0.29, 0.717) is 51.8 Å². The van der Waals surface area contributed by atoms with Gasteiger partial charge < -0.3 is 15.4 Å². The van der Waals surface area contributed by atoms with Gasteiger partial charge >= 0.3 is 0 Å². The van der Waals surface area contributed by atoms with E-state index < -0.39 is 16.9 Å². The van der Waals surface area contributed by atoms with Crippen molar-refractivity contribution in [3.63, 3.8) is 0 Å². The standard InChI is InChI=1S/C30H26ClN3O4/c1-16-20(31)14-13-19-25(16)33-28(37)30(19)29(18-9-4-5-10-21(18)32-27(29)36)24(22-11-7-15-34(22)30)26(35)17-8-3-6-12-23(17)38-2/h3-6,8-10,12-14,22,24H,7,11,15H2,1-2H3,(H,32,36)(H,33,37)/t22-,24+,29+,30+/m1/s1. The molecule has 2 spiro atoms. The number of amides is 2. The number of fused-ring (bicyclic) bond motifs is 7. The molecule has 2 saturated heterocycles. The smallest absolute Gasteiger partial charge is 0.251 e. The molecule has 7 rings (SSSR count). The van der Waals surface area contributed by atoms with Crippen LogP contribution in [0.3, 0.4) is 0 Å². The van der Waals surface area contributed by atoms with Crippen molar-refractivity contribution in [2.75, 3.05) is 24.3 Å². The molecular weight excluding hydrogens is 502 g/mol. The third-order valence-corrected chi connectivity index (χ3v) is 9.53. The van der Waals surface area contributed by atoms with Gasteiger partial charge in [-0.15, -0.1) is 0 Å². The van der Waals surface area contributed by atoms with Gasteiger partial charge in [0.05, 0.1) is 24.3 Å². The minimum Gasteiger partial charge on any atom is -0.496 e. The number of Topliss-reactive ketones (excluding diaryl/α,β-unsaturated/α-hetero) is 1. The summed E-state index contributed by atoms with van der Waals surface area (Å²) < 4.78 is 5.58. The van der Waals surface area contributed by atoms with Crippen LogP contribution in [0.4, 0.5) is 11.4 Å². The number of ether oxygens (including phenoxy) is 1. The van der Waals surface area contributed by atoms with E-state index in [4.69, 9.17) is 16.3 Å². The van der Waals surface area contributed by atoms with Crippen LogP contribution in [0.5, 0.6) is 5.75 Å². The fourth-order valence-electron chi connectivity index (χ4n) is 7.78. The number of nitrogens with one attached hydrogen (secondary N) is 2. The highest BCUT2D eigenvalue weighted by Crippen LogP contribution is 2.68. The number of benzene rings is 3. The first-order chi connectivity index (χ1) is 18.4. The molecule has 7 nitrogen and oxygen atoms in total. The highest BCUT2D eigenvalue weighted by atomic mass is 35.5. The largest absolute Gasteiger partial charge is 0.496 e. The summed E-state index contributed by atoms with van der Waals surface area (Å²) in [6, 6.07) is 17.9. The Morgan fingerprint density at radius 1 is 1.00 bits per heavy atom. The van der Waals surface area contributed by atoms with Crippen molar-refractivity contribution in [2.45, 2.75) is 36.8 Å². The zero-order chi connectivity index (χ0) is 26.4. The van der Waals surface area contributed by atoms with Crippen molar-refractivity contribution in [2.24, 2.45) is 5.92 Å². The van der Waals surface area contributed by atoms with Gasteiger partial charge in [-0.3, -0.25) is 19.3 Å². The van der Waals surface area contributed by atoms with Crippen LogP contribution in [-0.2, 0) is 20.5 Å². The van der Waals surface area contributed by atoms with Gasteiger partial charge in [0.25, 0.3) is 5.91 Å². The average molecular weight is 528 g/mol. The molecule has 0 saturated carbocycles. The summed E-state index contributed by atoms with van der Waals surface area (Å²) in [6.07, 6.45) is 1.51. The summed E-state index contributed by atoms with van der Waals surface area (Å²) >= 11 is 6.49. The predicted octanol–water partition coefficient (Wildman–Crippen LogP) is 4.67. The highest BCUT2D eigenvalue weighted by molar-refractivity contribution is 6.32. The zero-order valence-electron chi connectivity index (χ0n) is 21.0. The second kappa shape index (κ2) is 7.91. The third kappa shape index (κ3) is 2.51. The molecule has 4 aliphatic rings. The molecule has 2 N–H and O–H groups in total. The molecule has 0 aromatic heterocycles. The van der Waals surface area contributed by atoms with Crippen molar-refractivity contribution in [1.82, 2.24) is 4.90 Å². The third-order valence-electron chi connectivity index (χ3n) is 9.12. The van der Waals surface area contributed by atoms with E-state index in [1.807, 2.05) is 43.3 Å². The SMILES string of the molecule is COc1ccccc1C(=O)[C@@H]1[C@H]2CCCN2[C@@]2(C(=O)Nc3c2ccc(Cl)c3C)[C@]12C(=O)Nc1ccccc12. The van der Waals surface area contributed by atoms with E-state index in [9.17, 15) is 14.4 Å². The number of halogens is 1. The van der Waals surface area contributed by atoms with Gasteiger partial charge in [0.2, 0.25) is 5.91 Å². The number of rotatable bonds is 3. The van der Waals surface area contributed by atoms with Crippen molar-refractivity contribution in [3.8, 4) is 5.75 Å². The molecule has 4 atom stereocenters. The topological polar surface area (TPSA) is 87.7 Å². The van der Waals surface area contributed by atoms with Gasteiger partial charge in [0.1, 0.15) is 16.7 Å². The minimum atomic E-state index is -1.50. The van der Waals surface area contributed by atoms with E-state index in [1.54, 1.807) is 24.3 Å². The summed E-state index contributed by atoms with van der Waals surface area (Å²) in [5.74, 6) is -1.21. The lowest BCUT2D eigenvalue weighted by molar-refractivity contribution is -0.137. The number of ketones is 1. The van der Waals surface area contributed by atoms with Crippen LogP contribution in [0.25, 0.3) is 0 Å². The first kappa shape index (κ1) is 23.4. The highest BCUT2D eigenvalue weighted by Gasteiger charge is 2.81. The van der Waals surface area contributed by atoms with Crippen LogP contribution < -0.4 is 15.4 Å². The fraction of sp³-hybridized carbons (Fsp3) is 0.300. The molecule has 4 aliphatic heterocycles. The summed E-state index contributed by atoms with van der Waals surface area (Å²) in [6.45, 7) is 2.45. The Hall–Kier alpha value is -3.68. The van der Waals surface area contributed by atoms with Gasteiger partial charge in [-0.2, -0.15) is 0 Å². The Labute approximate surface area is 225 Å². The first-order valence-corrected chi connectivity index (χ1v) is 13.2. The van der Waals surface area contributed by atoms with Crippen molar-refractivity contribution in [1.29, 1.82) is 0 Å². The molecule has 3 aromatic carbocycles. The quantitative estimate of drug-likeness (QED) is 0.483. The molecule has 0 radical (unpaired) electrons. The maximum atomic E-state index is 14.7. The van der Waals surface area contributed by atoms with E-state index >= 15 is 0 Å². The monoisotopic (exact) mass is 527 g/mol. The second-order valence-electron chi connectivity index (χ2n) is 10.5. The lowest BCUT2D eigenvalue weighted by Gasteiger charge is -2.43. The van der Waals surface area contributed by atoms with Gasteiger partial charge in [0, 0.05) is 22.3 Å². The van der Waals surface area contributed by atoms with Crippen LogP contribution in [0.2, 0.25) is 5.02 Å². The second-order valence-corrected chi connectivity index (χ2v) is 10.9. The van der Waals surface area contributed by atoms with Crippen LogP contribution >= 0.6 is 11.6 Å². The number of nitrogens with zero attached hydrogens (tertiary/aromatic N) is 1. The van der Waals surface area contributed by atoms with Crippen LogP contribution in [0, 0.1) is 12.8 Å². The molecule has 2 amide bonds. The lowest BCUT2D eigenvalue weighted by Crippen LogP contribution is -2.62. The summed E-state index contributed by atoms with van der Waals surface area (Å²) in [5.41, 5.74) is 0.845. The van der Waals surface area contributed by atoms with E-state index in [1.165, 1.54) is 7.11 Å². The minimum absolute atomic E-state index is 0.199. The van der Waals surface area contributed by atoms with E-state index in [0.717, 1.165) is 12.0 Å². The van der Waals surface area contributed by atoms with Gasteiger partial charge in [-0.25, -0.2) is 0 Å². The Balaban J connectivity index is 1.60. The van der Waals surface area contributed by atoms with E-state index in [-0.39, 0.29) is 23.6 Å². The maximum Gasteiger partial charge on any atom is 0.251 e. The molecular formula is C30H26ClN3O4. The number of anilines is 2. The summed E-state index contributed by atoms with van der Waals surface area (Å²) in [5, 5.41) is 6.68. The van der Waals surface area contributed by atoms with Crippen molar-refractivity contribution >= 4 is 40.6 Å². The van der Waals surface area contributed by atoms with Crippen molar-refractivity contribution < 1.29 is 19.1 Å². The van der Waals surface area contributed by atoms with Crippen LogP contribution in [0.1, 0.15) is 39.9 Å². The molecule has 3 aromatic rings. The summed E-state index contributed by atoms with van der Waals surface area (Å²) in [7, 11) is 1.53. The first-order valence-electron chi connectivity index (χ1n) is 12.8. The average Bonchev–Trinajstić information content (AvgIpc) is 3.65. The van der Waals surface area contributed by atoms with Gasteiger partial charge in [0.15, 0.2) is 5.78 Å². The normalized spacial score (nSPS) is 28.8. The maximum absolute atomic E-state index is 14.7. The number of hydrogen-bond donors (Lipinski definition) is 2. The summed E-state index contributed by atoms with van der Waals surface area (Å²) in [4.78, 5) is 45.9. The Kier molecular flexibility index (Phi) is 4.88. The Morgan fingerprint density at radius 3 is 2.58 bits per heavy atom. The lowest BCUT2D eigenvalue weighted by atomic mass is 9.57. The van der Waals surface area contributed by atoms with Gasteiger partial charge in [-0.1, -0.05) is 48.0 Å². The molecule has 4 heterocycles. The van der Waals surface area contributed by atoms with Gasteiger partial charge in [-0.05, 0) is 61.7 Å². The Bertz CT molecular complexity index is 1570. The molecule has 0 aliphatic carbocycles. The molecule has 192 valence electrons.